The fourth-order valence-corrected chi connectivity index (χ4v) is 4.29. The van der Waals surface area contributed by atoms with Crippen molar-refractivity contribution in [2.24, 2.45) is 5.92 Å². The molecule has 0 aromatic carbocycles. The minimum absolute atomic E-state index is 0.211. The molecule has 1 N–H and O–H groups in total. The fourth-order valence-electron chi connectivity index (χ4n) is 4.29. The molecule has 5 nitrogen and oxygen atoms in total. The van der Waals surface area contributed by atoms with Crippen LogP contribution in [0.25, 0.3) is 0 Å². The average molecular weight is 342 g/mol. The summed E-state index contributed by atoms with van der Waals surface area (Å²) in [6, 6.07) is 5.32. The molecule has 1 aromatic rings. The second-order valence-corrected chi connectivity index (χ2v) is 7.99. The predicted octanol–water partition coefficient (Wildman–Crippen LogP) is 2.04. The quantitative estimate of drug-likeness (QED) is 0.890. The van der Waals surface area contributed by atoms with Crippen molar-refractivity contribution in [1.82, 2.24) is 20.1 Å². The van der Waals surface area contributed by atoms with Gasteiger partial charge in [-0.05, 0) is 69.8 Å². The smallest absolute Gasteiger partial charge is 0.224 e. The molecule has 3 fully saturated rings. The molecule has 3 heterocycles. The van der Waals surface area contributed by atoms with Gasteiger partial charge in [-0.3, -0.25) is 19.6 Å². The summed E-state index contributed by atoms with van der Waals surface area (Å²) in [6.07, 6.45) is 10.8. The number of piperidine rings is 2. The first-order chi connectivity index (χ1) is 12.3. The van der Waals surface area contributed by atoms with Crippen LogP contribution in [0.3, 0.4) is 0 Å². The van der Waals surface area contributed by atoms with Crippen LogP contribution in [0.2, 0.25) is 0 Å². The third kappa shape index (κ3) is 4.59. The molecule has 1 aliphatic carbocycles. The van der Waals surface area contributed by atoms with Crippen LogP contribution >= 0.6 is 0 Å². The van der Waals surface area contributed by atoms with E-state index in [-0.39, 0.29) is 5.92 Å². The van der Waals surface area contributed by atoms with Crippen molar-refractivity contribution in [3.8, 4) is 0 Å². The van der Waals surface area contributed by atoms with Gasteiger partial charge in [0.25, 0.3) is 0 Å². The van der Waals surface area contributed by atoms with Crippen LogP contribution in [0.15, 0.2) is 24.5 Å². The van der Waals surface area contributed by atoms with Gasteiger partial charge in [0.15, 0.2) is 0 Å². The molecule has 0 bridgehead atoms. The number of aromatic nitrogens is 1. The zero-order chi connectivity index (χ0) is 17.1. The summed E-state index contributed by atoms with van der Waals surface area (Å²) in [5, 5.41) is 3.20. The normalized spacial score (nSPS) is 26.5. The Kier molecular flexibility index (Phi) is 5.32. The molecular formula is C20H30N4O. The highest BCUT2D eigenvalue weighted by Gasteiger charge is 2.33. The molecule has 4 rings (SSSR count). The Hall–Kier alpha value is -1.46. The minimum atomic E-state index is 0.211. The first-order valence-electron chi connectivity index (χ1n) is 9.93. The molecule has 5 heteroatoms. The minimum Gasteiger partial charge on any atom is -0.353 e. The van der Waals surface area contributed by atoms with Gasteiger partial charge in [0, 0.05) is 37.6 Å². The van der Waals surface area contributed by atoms with E-state index in [4.69, 9.17) is 0 Å². The van der Waals surface area contributed by atoms with E-state index in [1.54, 1.807) is 0 Å². The number of carbonyl (C=O) groups is 1. The molecule has 1 aromatic heterocycles. The van der Waals surface area contributed by atoms with Gasteiger partial charge >= 0.3 is 0 Å². The third-order valence-corrected chi connectivity index (χ3v) is 5.95. The van der Waals surface area contributed by atoms with Crippen LogP contribution in [0, 0.1) is 5.92 Å². The van der Waals surface area contributed by atoms with Crippen LogP contribution < -0.4 is 5.32 Å². The number of nitrogens with zero attached hydrogens (tertiary/aromatic N) is 3. The van der Waals surface area contributed by atoms with E-state index >= 15 is 0 Å². The third-order valence-electron chi connectivity index (χ3n) is 5.95. The van der Waals surface area contributed by atoms with Gasteiger partial charge < -0.3 is 5.32 Å². The Morgan fingerprint density at radius 2 is 2.00 bits per heavy atom. The second kappa shape index (κ2) is 7.83. The number of pyridine rings is 1. The van der Waals surface area contributed by atoms with Gasteiger partial charge in [0.2, 0.25) is 5.91 Å². The van der Waals surface area contributed by atoms with Crippen molar-refractivity contribution in [1.29, 1.82) is 0 Å². The van der Waals surface area contributed by atoms with E-state index in [0.717, 1.165) is 32.6 Å². The topological polar surface area (TPSA) is 48.5 Å². The Bertz CT molecular complexity index is 566. The van der Waals surface area contributed by atoms with Crippen LogP contribution in [0.1, 0.15) is 44.1 Å². The van der Waals surface area contributed by atoms with Crippen molar-refractivity contribution in [2.75, 3.05) is 26.2 Å². The molecule has 0 spiro atoms. The van der Waals surface area contributed by atoms with E-state index < -0.39 is 0 Å². The van der Waals surface area contributed by atoms with Crippen LogP contribution in [-0.2, 0) is 11.3 Å². The monoisotopic (exact) mass is 342 g/mol. The van der Waals surface area contributed by atoms with Gasteiger partial charge in [-0.2, -0.15) is 0 Å². The molecule has 1 atom stereocenters. The summed E-state index contributed by atoms with van der Waals surface area (Å²) in [5.41, 5.74) is 1.30. The lowest BCUT2D eigenvalue weighted by molar-refractivity contribution is -0.127. The second-order valence-electron chi connectivity index (χ2n) is 7.99. The zero-order valence-corrected chi connectivity index (χ0v) is 15.1. The summed E-state index contributed by atoms with van der Waals surface area (Å²) >= 11 is 0. The average Bonchev–Trinajstić information content (AvgIpc) is 3.47. The first kappa shape index (κ1) is 17.0. The Balaban J connectivity index is 1.24. The van der Waals surface area contributed by atoms with Crippen molar-refractivity contribution >= 4 is 5.91 Å². The number of hydrogen-bond acceptors (Lipinski definition) is 4. The maximum absolute atomic E-state index is 12.4. The highest BCUT2D eigenvalue weighted by molar-refractivity contribution is 5.79. The molecular weight excluding hydrogens is 312 g/mol. The number of hydrogen-bond donors (Lipinski definition) is 1. The largest absolute Gasteiger partial charge is 0.353 e. The van der Waals surface area contributed by atoms with E-state index in [2.05, 4.69) is 26.2 Å². The number of likely N-dealkylation sites (tertiary alicyclic amines) is 2. The standard InChI is InChI=1S/C20H30N4O/c25-20(22-18-5-6-18)17-4-2-10-24(15-17)19-7-11-23(12-8-19)14-16-3-1-9-21-13-16/h1,3,9,13,17-19H,2,4-8,10-12,14-15H2,(H,22,25)/t17-/m0/s1. The Labute approximate surface area is 150 Å². The maximum Gasteiger partial charge on any atom is 0.224 e. The molecule has 0 radical (unpaired) electrons. The molecule has 2 saturated heterocycles. The molecule has 1 amide bonds. The molecule has 1 saturated carbocycles. The van der Waals surface area contributed by atoms with Gasteiger partial charge in [-0.25, -0.2) is 0 Å². The first-order valence-corrected chi connectivity index (χ1v) is 9.93. The van der Waals surface area contributed by atoms with E-state index in [9.17, 15) is 4.79 Å². The summed E-state index contributed by atoms with van der Waals surface area (Å²) in [7, 11) is 0. The lowest BCUT2D eigenvalue weighted by atomic mass is 9.93. The summed E-state index contributed by atoms with van der Waals surface area (Å²) in [6.45, 7) is 5.43. The van der Waals surface area contributed by atoms with Gasteiger partial charge in [0.05, 0.1) is 5.92 Å². The SMILES string of the molecule is O=C(NC1CC1)[C@H]1CCCN(C2CCN(Cc3cccnc3)CC2)C1. The lowest BCUT2D eigenvalue weighted by Crippen LogP contribution is -2.50. The van der Waals surface area contributed by atoms with E-state index in [0.29, 0.717) is 18.0 Å². The van der Waals surface area contributed by atoms with Gasteiger partial charge in [-0.1, -0.05) is 6.07 Å². The number of carbonyl (C=O) groups excluding carboxylic acids is 1. The van der Waals surface area contributed by atoms with Crippen molar-refractivity contribution in [2.45, 2.75) is 57.2 Å². The maximum atomic E-state index is 12.4. The van der Waals surface area contributed by atoms with Crippen molar-refractivity contribution in [3.05, 3.63) is 30.1 Å². The Morgan fingerprint density at radius 3 is 2.72 bits per heavy atom. The van der Waals surface area contributed by atoms with Crippen molar-refractivity contribution < 1.29 is 4.79 Å². The number of nitrogens with one attached hydrogen (secondary N) is 1. The molecule has 3 aliphatic rings. The number of amides is 1. The Morgan fingerprint density at radius 1 is 1.16 bits per heavy atom. The molecule has 2 aliphatic heterocycles. The van der Waals surface area contributed by atoms with E-state index in [1.165, 1.54) is 44.2 Å². The van der Waals surface area contributed by atoms with Crippen LogP contribution in [-0.4, -0.2) is 59.0 Å². The van der Waals surface area contributed by atoms with E-state index in [1.807, 2.05) is 18.5 Å². The van der Waals surface area contributed by atoms with Crippen molar-refractivity contribution in [3.63, 3.8) is 0 Å². The van der Waals surface area contributed by atoms with Gasteiger partial charge in [0.1, 0.15) is 0 Å². The molecule has 0 unspecified atom stereocenters. The molecule has 25 heavy (non-hydrogen) atoms. The lowest BCUT2D eigenvalue weighted by Gasteiger charge is -2.42. The summed E-state index contributed by atoms with van der Waals surface area (Å²) in [4.78, 5) is 21.7. The highest BCUT2D eigenvalue weighted by atomic mass is 16.2. The van der Waals surface area contributed by atoms with Gasteiger partial charge in [-0.15, -0.1) is 0 Å². The zero-order valence-electron chi connectivity index (χ0n) is 15.1. The predicted molar refractivity (Wildman–Crippen MR) is 98.0 cm³/mol. The van der Waals surface area contributed by atoms with Crippen LogP contribution in [0.5, 0.6) is 0 Å². The highest BCUT2D eigenvalue weighted by Crippen LogP contribution is 2.26. The number of rotatable bonds is 5. The van der Waals surface area contributed by atoms with Crippen LogP contribution in [0.4, 0.5) is 0 Å². The fraction of sp³-hybridized carbons (Fsp3) is 0.700. The summed E-state index contributed by atoms with van der Waals surface area (Å²) < 4.78 is 0. The molecule has 136 valence electrons. The summed E-state index contributed by atoms with van der Waals surface area (Å²) in [5.74, 6) is 0.518.